The van der Waals surface area contributed by atoms with Crippen molar-refractivity contribution in [2.75, 3.05) is 18.9 Å². The zero-order valence-corrected chi connectivity index (χ0v) is 8.57. The highest BCUT2D eigenvalue weighted by Crippen LogP contribution is 2.29. The Morgan fingerprint density at radius 1 is 1.50 bits per heavy atom. The van der Waals surface area contributed by atoms with Gasteiger partial charge in [-0.3, -0.25) is 0 Å². The number of aliphatic hydroxyl groups excluding tert-OH is 1. The molecule has 0 aromatic carbocycles. The molecule has 0 aliphatic heterocycles. The van der Waals surface area contributed by atoms with Gasteiger partial charge in [-0.1, -0.05) is 13.3 Å². The molecule has 12 heavy (non-hydrogen) atoms. The first kappa shape index (κ1) is 10.4. The van der Waals surface area contributed by atoms with E-state index in [0.29, 0.717) is 12.6 Å². The Bertz CT molecular complexity index is 121. The minimum atomic E-state index is 0.319. The third kappa shape index (κ3) is 2.96. The molecule has 1 rings (SSSR count). The van der Waals surface area contributed by atoms with Gasteiger partial charge in [0.1, 0.15) is 0 Å². The summed E-state index contributed by atoms with van der Waals surface area (Å²) in [5.41, 5.74) is 0. The molecule has 2 atom stereocenters. The third-order valence-electron chi connectivity index (χ3n) is 2.34. The molecule has 0 radical (unpaired) electrons. The SMILES string of the molecule is CCNC1CCCC1SCCO. The van der Waals surface area contributed by atoms with Gasteiger partial charge in [0, 0.05) is 17.0 Å². The van der Waals surface area contributed by atoms with Crippen LogP contribution < -0.4 is 5.32 Å². The van der Waals surface area contributed by atoms with Crippen molar-refractivity contribution in [2.45, 2.75) is 37.5 Å². The zero-order valence-electron chi connectivity index (χ0n) is 7.75. The van der Waals surface area contributed by atoms with E-state index >= 15 is 0 Å². The molecule has 2 unspecified atom stereocenters. The Balaban J connectivity index is 2.20. The van der Waals surface area contributed by atoms with Crippen molar-refractivity contribution < 1.29 is 5.11 Å². The number of hydrogen-bond donors (Lipinski definition) is 2. The van der Waals surface area contributed by atoms with Gasteiger partial charge in [0.2, 0.25) is 0 Å². The fourth-order valence-electron chi connectivity index (χ4n) is 1.83. The molecule has 0 spiro atoms. The maximum atomic E-state index is 8.70. The van der Waals surface area contributed by atoms with Crippen LogP contribution in [0.1, 0.15) is 26.2 Å². The summed E-state index contributed by atoms with van der Waals surface area (Å²) < 4.78 is 0. The predicted octanol–water partition coefficient (Wildman–Crippen LogP) is 1.24. The van der Waals surface area contributed by atoms with Crippen LogP contribution in [0.5, 0.6) is 0 Å². The Morgan fingerprint density at radius 3 is 3.00 bits per heavy atom. The molecule has 1 saturated carbocycles. The fourth-order valence-corrected chi connectivity index (χ4v) is 3.03. The molecule has 3 heteroatoms. The molecule has 72 valence electrons. The van der Waals surface area contributed by atoms with Gasteiger partial charge in [-0.05, 0) is 19.4 Å². The van der Waals surface area contributed by atoms with Crippen LogP contribution in [0.3, 0.4) is 0 Å². The minimum absolute atomic E-state index is 0.319. The fraction of sp³-hybridized carbons (Fsp3) is 1.00. The maximum Gasteiger partial charge on any atom is 0.0521 e. The third-order valence-corrected chi connectivity index (χ3v) is 3.75. The van der Waals surface area contributed by atoms with E-state index in [0.717, 1.165) is 17.5 Å². The Labute approximate surface area is 79.1 Å². The average molecular weight is 189 g/mol. The van der Waals surface area contributed by atoms with Crippen molar-refractivity contribution >= 4 is 11.8 Å². The lowest BCUT2D eigenvalue weighted by atomic mass is 10.2. The highest BCUT2D eigenvalue weighted by atomic mass is 32.2. The normalized spacial score (nSPS) is 29.5. The molecule has 0 heterocycles. The lowest BCUT2D eigenvalue weighted by Crippen LogP contribution is -2.34. The Hall–Kier alpha value is 0.270. The average Bonchev–Trinajstić information content (AvgIpc) is 2.50. The van der Waals surface area contributed by atoms with E-state index in [-0.39, 0.29) is 0 Å². The molecule has 0 aromatic rings. The molecule has 0 bridgehead atoms. The van der Waals surface area contributed by atoms with Crippen molar-refractivity contribution in [2.24, 2.45) is 0 Å². The first-order chi connectivity index (χ1) is 5.88. The molecule has 2 N–H and O–H groups in total. The van der Waals surface area contributed by atoms with Gasteiger partial charge in [0.25, 0.3) is 0 Å². The highest BCUT2D eigenvalue weighted by molar-refractivity contribution is 8.00. The number of aliphatic hydroxyl groups is 1. The van der Waals surface area contributed by atoms with Gasteiger partial charge in [-0.2, -0.15) is 11.8 Å². The Morgan fingerprint density at radius 2 is 2.33 bits per heavy atom. The number of rotatable bonds is 5. The summed E-state index contributed by atoms with van der Waals surface area (Å²) in [5, 5.41) is 12.9. The number of thioether (sulfide) groups is 1. The van der Waals surface area contributed by atoms with Crippen molar-refractivity contribution in [3.05, 3.63) is 0 Å². The molecule has 0 saturated heterocycles. The molecule has 0 aromatic heterocycles. The lowest BCUT2D eigenvalue weighted by Gasteiger charge is -2.19. The summed E-state index contributed by atoms with van der Waals surface area (Å²) >= 11 is 1.92. The van der Waals surface area contributed by atoms with Crippen molar-refractivity contribution in [3.8, 4) is 0 Å². The first-order valence-corrected chi connectivity index (χ1v) is 5.89. The predicted molar refractivity (Wildman–Crippen MR) is 54.6 cm³/mol. The lowest BCUT2D eigenvalue weighted by molar-refractivity contribution is 0.322. The highest BCUT2D eigenvalue weighted by Gasteiger charge is 2.25. The van der Waals surface area contributed by atoms with Crippen LogP contribution >= 0.6 is 11.8 Å². The molecule has 1 aliphatic rings. The van der Waals surface area contributed by atoms with Crippen LogP contribution in [0.25, 0.3) is 0 Å². The van der Waals surface area contributed by atoms with E-state index in [2.05, 4.69) is 12.2 Å². The summed E-state index contributed by atoms with van der Waals surface area (Å²) in [6.07, 6.45) is 3.99. The quantitative estimate of drug-likeness (QED) is 0.682. The van der Waals surface area contributed by atoms with Crippen molar-refractivity contribution in [3.63, 3.8) is 0 Å². The van der Waals surface area contributed by atoms with Crippen LogP contribution in [-0.2, 0) is 0 Å². The largest absolute Gasteiger partial charge is 0.396 e. The van der Waals surface area contributed by atoms with E-state index in [1.54, 1.807) is 0 Å². The monoisotopic (exact) mass is 189 g/mol. The summed E-state index contributed by atoms with van der Waals surface area (Å²) in [6, 6.07) is 0.701. The second-order valence-corrected chi connectivity index (χ2v) is 4.58. The second kappa shape index (κ2) is 5.84. The van der Waals surface area contributed by atoms with E-state index < -0.39 is 0 Å². The van der Waals surface area contributed by atoms with Crippen LogP contribution in [0.2, 0.25) is 0 Å². The number of hydrogen-bond acceptors (Lipinski definition) is 3. The molecule has 1 aliphatic carbocycles. The molecule has 1 fully saturated rings. The summed E-state index contributed by atoms with van der Waals surface area (Å²) in [7, 11) is 0. The molecule has 0 amide bonds. The maximum absolute atomic E-state index is 8.70. The van der Waals surface area contributed by atoms with Crippen LogP contribution in [0, 0.1) is 0 Å². The van der Waals surface area contributed by atoms with Gasteiger partial charge < -0.3 is 10.4 Å². The van der Waals surface area contributed by atoms with Crippen molar-refractivity contribution in [1.82, 2.24) is 5.32 Å². The second-order valence-electron chi connectivity index (χ2n) is 3.23. The topological polar surface area (TPSA) is 32.3 Å². The van der Waals surface area contributed by atoms with Gasteiger partial charge in [0.05, 0.1) is 6.61 Å². The van der Waals surface area contributed by atoms with Crippen molar-refractivity contribution in [1.29, 1.82) is 0 Å². The Kier molecular flexibility index (Phi) is 5.04. The van der Waals surface area contributed by atoms with Gasteiger partial charge in [0.15, 0.2) is 0 Å². The zero-order chi connectivity index (χ0) is 8.81. The molecular formula is C9H19NOS. The number of nitrogens with one attached hydrogen (secondary N) is 1. The van der Waals surface area contributed by atoms with Gasteiger partial charge >= 0.3 is 0 Å². The van der Waals surface area contributed by atoms with Crippen LogP contribution in [0.4, 0.5) is 0 Å². The summed E-state index contributed by atoms with van der Waals surface area (Å²) in [4.78, 5) is 0. The van der Waals surface area contributed by atoms with Crippen LogP contribution in [-0.4, -0.2) is 35.3 Å². The summed E-state index contributed by atoms with van der Waals surface area (Å²) in [6.45, 7) is 3.55. The van der Waals surface area contributed by atoms with Gasteiger partial charge in [-0.15, -0.1) is 0 Å². The van der Waals surface area contributed by atoms with E-state index in [4.69, 9.17) is 5.11 Å². The standard InChI is InChI=1S/C9H19NOS/c1-2-10-8-4-3-5-9(8)12-7-6-11/h8-11H,2-7H2,1H3. The first-order valence-electron chi connectivity index (χ1n) is 4.84. The van der Waals surface area contributed by atoms with Crippen LogP contribution in [0.15, 0.2) is 0 Å². The van der Waals surface area contributed by atoms with E-state index in [1.165, 1.54) is 19.3 Å². The smallest absolute Gasteiger partial charge is 0.0521 e. The molecular weight excluding hydrogens is 170 g/mol. The van der Waals surface area contributed by atoms with Gasteiger partial charge in [-0.25, -0.2) is 0 Å². The molecule has 2 nitrogen and oxygen atoms in total. The van der Waals surface area contributed by atoms with E-state index in [1.807, 2.05) is 11.8 Å². The summed E-state index contributed by atoms with van der Waals surface area (Å²) in [5.74, 6) is 0.895. The van der Waals surface area contributed by atoms with E-state index in [9.17, 15) is 0 Å². The minimum Gasteiger partial charge on any atom is -0.396 e.